The number of anilines is 1. The van der Waals surface area contributed by atoms with Gasteiger partial charge in [0.2, 0.25) is 5.91 Å². The first kappa shape index (κ1) is 15.5. The minimum atomic E-state index is -0.0596. The number of ether oxygens (including phenoxy) is 1. The van der Waals surface area contributed by atoms with Gasteiger partial charge in [0.1, 0.15) is 6.33 Å². The molecule has 0 saturated carbocycles. The fourth-order valence-electron chi connectivity index (χ4n) is 1.73. The smallest absolute Gasteiger partial charge is 0.234 e. The van der Waals surface area contributed by atoms with Gasteiger partial charge >= 0.3 is 0 Å². The molecule has 1 N–H and O–H groups in total. The highest BCUT2D eigenvalue weighted by Gasteiger charge is 2.09. The van der Waals surface area contributed by atoms with Crippen LogP contribution >= 0.6 is 11.8 Å². The Balaban J connectivity index is 1.87. The molecule has 6 nitrogen and oxygen atoms in total. The summed E-state index contributed by atoms with van der Waals surface area (Å²) >= 11 is 1.36. The second-order valence-electron chi connectivity index (χ2n) is 4.45. The molecule has 7 heteroatoms. The first-order valence-electron chi connectivity index (χ1n) is 6.55. The first-order chi connectivity index (χ1) is 10.2. The van der Waals surface area contributed by atoms with Crippen molar-refractivity contribution in [2.45, 2.75) is 18.6 Å². The summed E-state index contributed by atoms with van der Waals surface area (Å²) in [5, 5.41) is 11.5. The first-order valence-corrected chi connectivity index (χ1v) is 7.54. The summed E-state index contributed by atoms with van der Waals surface area (Å²) in [6, 6.07) is 7.69. The van der Waals surface area contributed by atoms with E-state index in [1.807, 2.05) is 35.8 Å². The van der Waals surface area contributed by atoms with Crippen LogP contribution in [0.2, 0.25) is 0 Å². The molecular weight excluding hydrogens is 288 g/mol. The number of methoxy groups -OCH3 is 1. The lowest BCUT2D eigenvalue weighted by atomic mass is 10.2. The third-order valence-electron chi connectivity index (χ3n) is 2.87. The van der Waals surface area contributed by atoms with Crippen LogP contribution in [-0.2, 0) is 16.1 Å². The number of nitrogens with zero attached hydrogens (tertiary/aromatic N) is 3. The molecule has 1 heterocycles. The van der Waals surface area contributed by atoms with Crippen molar-refractivity contribution in [1.82, 2.24) is 14.8 Å². The lowest BCUT2D eigenvalue weighted by molar-refractivity contribution is -0.113. The standard InChI is InChI=1S/C14H18N4O2S/c1-11-5-3-4-6-12(11)16-13(19)9-21-14-17-15-10-18(14)7-8-20-2/h3-6,10H,7-9H2,1-2H3,(H,16,19). The second-order valence-corrected chi connectivity index (χ2v) is 5.39. The minimum absolute atomic E-state index is 0.0596. The number of nitrogens with one attached hydrogen (secondary N) is 1. The molecule has 0 aliphatic heterocycles. The van der Waals surface area contributed by atoms with Crippen molar-refractivity contribution in [3.05, 3.63) is 36.2 Å². The third-order valence-corrected chi connectivity index (χ3v) is 3.85. The van der Waals surface area contributed by atoms with Gasteiger partial charge in [-0.05, 0) is 18.6 Å². The maximum Gasteiger partial charge on any atom is 0.234 e. The molecule has 0 spiro atoms. The van der Waals surface area contributed by atoms with Gasteiger partial charge in [-0.15, -0.1) is 10.2 Å². The Morgan fingerprint density at radius 1 is 1.43 bits per heavy atom. The van der Waals surface area contributed by atoms with Gasteiger partial charge in [-0.25, -0.2) is 0 Å². The molecule has 1 aromatic heterocycles. The van der Waals surface area contributed by atoms with Crippen molar-refractivity contribution in [3.63, 3.8) is 0 Å². The largest absolute Gasteiger partial charge is 0.383 e. The highest BCUT2D eigenvalue weighted by atomic mass is 32.2. The zero-order valence-corrected chi connectivity index (χ0v) is 12.9. The van der Waals surface area contributed by atoms with Gasteiger partial charge in [0.05, 0.1) is 12.4 Å². The number of hydrogen-bond acceptors (Lipinski definition) is 5. The van der Waals surface area contributed by atoms with Crippen LogP contribution in [-0.4, -0.2) is 40.1 Å². The zero-order valence-electron chi connectivity index (χ0n) is 12.1. The van der Waals surface area contributed by atoms with E-state index in [2.05, 4.69) is 15.5 Å². The van der Waals surface area contributed by atoms with E-state index in [1.165, 1.54) is 11.8 Å². The number of carbonyl (C=O) groups excluding carboxylic acids is 1. The van der Waals surface area contributed by atoms with Crippen molar-refractivity contribution in [3.8, 4) is 0 Å². The molecule has 0 atom stereocenters. The minimum Gasteiger partial charge on any atom is -0.383 e. The molecular formula is C14H18N4O2S. The third kappa shape index (κ3) is 4.57. The van der Waals surface area contributed by atoms with Gasteiger partial charge in [-0.1, -0.05) is 30.0 Å². The van der Waals surface area contributed by atoms with E-state index in [0.717, 1.165) is 11.3 Å². The maximum absolute atomic E-state index is 12.0. The normalized spacial score (nSPS) is 10.6. The number of aromatic nitrogens is 3. The zero-order chi connectivity index (χ0) is 15.1. The number of carbonyl (C=O) groups is 1. The number of benzene rings is 1. The average Bonchev–Trinajstić information content (AvgIpc) is 2.93. The fraction of sp³-hybridized carbons (Fsp3) is 0.357. The van der Waals surface area contributed by atoms with Gasteiger partial charge in [-0.2, -0.15) is 0 Å². The highest BCUT2D eigenvalue weighted by Crippen LogP contribution is 2.17. The number of thioether (sulfide) groups is 1. The van der Waals surface area contributed by atoms with Crippen LogP contribution in [0.15, 0.2) is 35.7 Å². The Kier molecular flexibility index (Phi) is 5.77. The van der Waals surface area contributed by atoms with Gasteiger partial charge in [0.15, 0.2) is 5.16 Å². The number of hydrogen-bond donors (Lipinski definition) is 1. The number of amides is 1. The van der Waals surface area contributed by atoms with Crippen molar-refractivity contribution in [2.24, 2.45) is 0 Å². The maximum atomic E-state index is 12.0. The van der Waals surface area contributed by atoms with E-state index in [9.17, 15) is 4.79 Å². The van der Waals surface area contributed by atoms with Crippen LogP contribution < -0.4 is 5.32 Å². The quantitative estimate of drug-likeness (QED) is 0.792. The molecule has 0 saturated heterocycles. The summed E-state index contributed by atoms with van der Waals surface area (Å²) in [5.41, 5.74) is 1.88. The Hall–Kier alpha value is -1.86. The molecule has 1 amide bonds. The van der Waals surface area contributed by atoms with Crippen LogP contribution in [0.4, 0.5) is 5.69 Å². The SMILES string of the molecule is COCCn1cnnc1SCC(=O)Nc1ccccc1C. The Morgan fingerprint density at radius 3 is 3.00 bits per heavy atom. The predicted molar refractivity (Wildman–Crippen MR) is 82.4 cm³/mol. The number of rotatable bonds is 7. The average molecular weight is 306 g/mol. The number of aryl methyl sites for hydroxylation is 1. The van der Waals surface area contributed by atoms with E-state index in [-0.39, 0.29) is 5.91 Å². The fourth-order valence-corrected chi connectivity index (χ4v) is 2.47. The molecule has 112 valence electrons. The monoisotopic (exact) mass is 306 g/mol. The molecule has 0 unspecified atom stereocenters. The van der Waals surface area contributed by atoms with E-state index in [1.54, 1.807) is 13.4 Å². The molecule has 2 aromatic rings. The molecule has 2 rings (SSSR count). The van der Waals surface area contributed by atoms with Crippen molar-refractivity contribution in [2.75, 3.05) is 24.8 Å². The van der Waals surface area contributed by atoms with Crippen LogP contribution in [0.25, 0.3) is 0 Å². The van der Waals surface area contributed by atoms with Crippen LogP contribution in [0.3, 0.4) is 0 Å². The Bertz CT molecular complexity index is 600. The lowest BCUT2D eigenvalue weighted by Crippen LogP contribution is -2.15. The van der Waals surface area contributed by atoms with E-state index >= 15 is 0 Å². The number of para-hydroxylation sites is 1. The molecule has 0 bridgehead atoms. The van der Waals surface area contributed by atoms with Gasteiger partial charge in [0.25, 0.3) is 0 Å². The van der Waals surface area contributed by atoms with Crippen LogP contribution in [0.1, 0.15) is 5.56 Å². The highest BCUT2D eigenvalue weighted by molar-refractivity contribution is 7.99. The Morgan fingerprint density at radius 2 is 2.24 bits per heavy atom. The summed E-state index contributed by atoms with van der Waals surface area (Å²) in [6.45, 7) is 3.22. The topological polar surface area (TPSA) is 69.0 Å². The second kappa shape index (κ2) is 7.80. The van der Waals surface area contributed by atoms with Gasteiger partial charge in [0, 0.05) is 19.3 Å². The molecule has 0 aliphatic carbocycles. The van der Waals surface area contributed by atoms with Crippen molar-refractivity contribution in [1.29, 1.82) is 0 Å². The van der Waals surface area contributed by atoms with Crippen molar-refractivity contribution < 1.29 is 9.53 Å². The van der Waals surface area contributed by atoms with Gasteiger partial charge in [-0.3, -0.25) is 4.79 Å². The Labute approximate surface area is 127 Å². The van der Waals surface area contributed by atoms with Crippen LogP contribution in [0.5, 0.6) is 0 Å². The molecule has 21 heavy (non-hydrogen) atoms. The van der Waals surface area contributed by atoms with E-state index in [0.29, 0.717) is 24.1 Å². The molecule has 1 aromatic carbocycles. The molecule has 0 aliphatic rings. The predicted octanol–water partition coefficient (Wildman–Crippen LogP) is 1.96. The molecule has 0 radical (unpaired) electrons. The lowest BCUT2D eigenvalue weighted by Gasteiger charge is -2.08. The summed E-state index contributed by atoms with van der Waals surface area (Å²) < 4.78 is 6.89. The van der Waals surface area contributed by atoms with Crippen LogP contribution in [0, 0.1) is 6.92 Å². The molecule has 0 fully saturated rings. The summed E-state index contributed by atoms with van der Waals surface area (Å²) in [7, 11) is 1.65. The summed E-state index contributed by atoms with van der Waals surface area (Å²) in [4.78, 5) is 12.0. The van der Waals surface area contributed by atoms with Crippen molar-refractivity contribution >= 4 is 23.4 Å². The summed E-state index contributed by atoms with van der Waals surface area (Å²) in [6.07, 6.45) is 1.64. The summed E-state index contributed by atoms with van der Waals surface area (Å²) in [5.74, 6) is 0.232. The van der Waals surface area contributed by atoms with E-state index < -0.39 is 0 Å². The van der Waals surface area contributed by atoms with Gasteiger partial charge < -0.3 is 14.6 Å². The van der Waals surface area contributed by atoms with E-state index in [4.69, 9.17) is 4.74 Å².